The van der Waals surface area contributed by atoms with Crippen LogP contribution in [0.1, 0.15) is 49.0 Å². The number of benzene rings is 4. The number of ether oxygens (including phenoxy) is 1. The fourth-order valence-electron chi connectivity index (χ4n) is 7.13. The maximum Gasteiger partial charge on any atom is 0.238 e. The molecule has 0 radical (unpaired) electrons. The van der Waals surface area contributed by atoms with Crippen molar-refractivity contribution >= 4 is 29.2 Å². The zero-order valence-corrected chi connectivity index (χ0v) is 23.7. The number of nitrogens with zero attached hydrogens (tertiary/aromatic N) is 1. The summed E-state index contributed by atoms with van der Waals surface area (Å²) in [6, 6.07) is 28.2. The fourth-order valence-corrected chi connectivity index (χ4v) is 7.13. The van der Waals surface area contributed by atoms with Crippen LogP contribution in [0.15, 0.2) is 116 Å². The molecule has 212 valence electrons. The Bertz CT molecular complexity index is 1820. The van der Waals surface area contributed by atoms with E-state index in [-0.39, 0.29) is 24.1 Å². The van der Waals surface area contributed by atoms with Crippen LogP contribution in [0.4, 0.5) is 5.69 Å². The lowest BCUT2D eigenvalue weighted by molar-refractivity contribution is -0.122. The van der Waals surface area contributed by atoms with E-state index in [4.69, 9.17) is 4.74 Å². The standard InChI is InChI=1S/C37H30N2O4/c1-3-21-43-27-11-8-10-26(22-27)33(40)31-32(34(41)25-17-15-23(2)16-18-25)39-20-19-24-9-4-5-12-28(24)35(39)37(31)29-13-6-7-14-30(29)38-36(37)42/h3-20,22,31-32,35H,1,21H2,2H3,(H,38,42)/t31-,32-,35+,37-/m0/s1. The number of ketones is 2. The number of hydrogen-bond donors (Lipinski definition) is 1. The van der Waals surface area contributed by atoms with Crippen LogP contribution in [0.25, 0.3) is 6.08 Å². The van der Waals surface area contributed by atoms with E-state index in [1.54, 1.807) is 42.5 Å². The largest absolute Gasteiger partial charge is 0.490 e. The molecule has 0 bridgehead atoms. The second-order valence-electron chi connectivity index (χ2n) is 11.3. The van der Waals surface area contributed by atoms with Gasteiger partial charge in [0.15, 0.2) is 11.6 Å². The maximum absolute atomic E-state index is 15.0. The van der Waals surface area contributed by atoms with Gasteiger partial charge in [0.25, 0.3) is 0 Å². The Morgan fingerprint density at radius 2 is 1.70 bits per heavy atom. The highest BCUT2D eigenvalue weighted by Gasteiger charge is 2.70. The van der Waals surface area contributed by atoms with Gasteiger partial charge in [-0.1, -0.05) is 97.1 Å². The predicted molar refractivity (Wildman–Crippen MR) is 166 cm³/mol. The summed E-state index contributed by atoms with van der Waals surface area (Å²) in [6.45, 7) is 5.96. The number of amides is 1. The summed E-state index contributed by atoms with van der Waals surface area (Å²) in [4.78, 5) is 46.1. The van der Waals surface area contributed by atoms with Crippen molar-refractivity contribution in [2.45, 2.75) is 24.4 Å². The number of nitrogens with one attached hydrogen (secondary N) is 1. The van der Waals surface area contributed by atoms with Crippen molar-refractivity contribution in [1.29, 1.82) is 0 Å². The number of aryl methyl sites for hydroxylation is 1. The first-order chi connectivity index (χ1) is 20.9. The summed E-state index contributed by atoms with van der Waals surface area (Å²) in [5, 5.41) is 3.09. The zero-order valence-electron chi connectivity index (χ0n) is 23.7. The van der Waals surface area contributed by atoms with Gasteiger partial charge in [0.1, 0.15) is 23.8 Å². The molecule has 6 heteroatoms. The van der Waals surface area contributed by atoms with Gasteiger partial charge in [0.05, 0.1) is 12.0 Å². The Morgan fingerprint density at radius 3 is 2.51 bits per heavy atom. The third-order valence-corrected chi connectivity index (χ3v) is 8.94. The third-order valence-electron chi connectivity index (χ3n) is 8.94. The molecular formula is C37H30N2O4. The SMILES string of the molecule is C=CCOc1cccc(C(=O)[C@@H]2[C@@H](C(=O)c3ccc(C)cc3)N3C=Cc4ccccc4[C@@H]3[C@@]23C(=O)Nc2ccccc23)c1. The number of rotatable bonds is 7. The highest BCUT2D eigenvalue weighted by molar-refractivity contribution is 6.16. The van der Waals surface area contributed by atoms with Crippen LogP contribution >= 0.6 is 0 Å². The van der Waals surface area contributed by atoms with Gasteiger partial charge >= 0.3 is 0 Å². The average molecular weight is 567 g/mol. The molecule has 6 nitrogen and oxygen atoms in total. The molecule has 1 amide bonds. The monoisotopic (exact) mass is 566 g/mol. The molecule has 7 rings (SSSR count). The van der Waals surface area contributed by atoms with Gasteiger partial charge < -0.3 is 15.0 Å². The maximum atomic E-state index is 15.0. The van der Waals surface area contributed by atoms with E-state index in [9.17, 15) is 14.4 Å². The second kappa shape index (κ2) is 10.2. The highest BCUT2D eigenvalue weighted by atomic mass is 16.5. The molecule has 1 saturated heterocycles. The minimum atomic E-state index is -1.38. The van der Waals surface area contributed by atoms with Crippen molar-refractivity contribution in [2.24, 2.45) is 5.92 Å². The molecule has 4 aromatic carbocycles. The fraction of sp³-hybridized carbons (Fsp3) is 0.162. The van der Waals surface area contributed by atoms with E-state index in [0.29, 0.717) is 22.6 Å². The van der Waals surface area contributed by atoms with Crippen LogP contribution < -0.4 is 10.1 Å². The first-order valence-corrected chi connectivity index (χ1v) is 14.4. The van der Waals surface area contributed by atoms with Gasteiger partial charge in [-0.3, -0.25) is 14.4 Å². The lowest BCUT2D eigenvalue weighted by Crippen LogP contribution is -2.49. The topological polar surface area (TPSA) is 75.7 Å². The van der Waals surface area contributed by atoms with Gasteiger partial charge in [-0.15, -0.1) is 0 Å². The molecule has 0 unspecified atom stereocenters. The van der Waals surface area contributed by atoms with Crippen molar-refractivity contribution in [3.05, 3.63) is 149 Å². The normalized spacial score (nSPS) is 22.9. The Morgan fingerprint density at radius 1 is 0.930 bits per heavy atom. The molecule has 4 aromatic rings. The van der Waals surface area contributed by atoms with Crippen LogP contribution in [0.5, 0.6) is 5.75 Å². The van der Waals surface area contributed by atoms with E-state index in [2.05, 4.69) is 11.9 Å². The molecule has 3 heterocycles. The van der Waals surface area contributed by atoms with Gasteiger partial charge in [-0.05, 0) is 47.9 Å². The number of fused-ring (bicyclic) bond motifs is 6. The summed E-state index contributed by atoms with van der Waals surface area (Å²) in [5.74, 6) is -1.31. The lowest BCUT2D eigenvalue weighted by Gasteiger charge is -2.38. The van der Waals surface area contributed by atoms with Crippen LogP contribution in [0.2, 0.25) is 0 Å². The summed E-state index contributed by atoms with van der Waals surface area (Å²) in [7, 11) is 0. The smallest absolute Gasteiger partial charge is 0.238 e. The highest BCUT2D eigenvalue weighted by Crippen LogP contribution is 2.62. The van der Waals surface area contributed by atoms with Crippen molar-refractivity contribution in [3.63, 3.8) is 0 Å². The Kier molecular flexibility index (Phi) is 6.35. The molecule has 3 aliphatic heterocycles. The van der Waals surface area contributed by atoms with Gasteiger partial charge in [0.2, 0.25) is 5.91 Å². The quantitative estimate of drug-likeness (QED) is 0.203. The minimum absolute atomic E-state index is 0.208. The number of carbonyl (C=O) groups excluding carboxylic acids is 3. The Balaban J connectivity index is 1.50. The van der Waals surface area contributed by atoms with E-state index in [0.717, 1.165) is 22.3 Å². The zero-order chi connectivity index (χ0) is 29.7. The first kappa shape index (κ1) is 26.7. The molecule has 0 aromatic heterocycles. The van der Waals surface area contributed by atoms with Gasteiger partial charge in [-0.2, -0.15) is 0 Å². The van der Waals surface area contributed by atoms with E-state index in [1.165, 1.54) is 0 Å². The van der Waals surface area contributed by atoms with Crippen LogP contribution in [0.3, 0.4) is 0 Å². The Hall–Kier alpha value is -5.23. The van der Waals surface area contributed by atoms with Crippen LogP contribution in [-0.4, -0.2) is 35.0 Å². The molecule has 0 aliphatic carbocycles. The van der Waals surface area contributed by atoms with Gasteiger partial charge in [0, 0.05) is 23.0 Å². The van der Waals surface area contributed by atoms with Crippen LogP contribution in [0, 0.1) is 12.8 Å². The first-order valence-electron chi connectivity index (χ1n) is 14.4. The van der Waals surface area contributed by atoms with Crippen molar-refractivity contribution in [1.82, 2.24) is 4.90 Å². The summed E-state index contributed by atoms with van der Waals surface area (Å²) in [6.07, 6.45) is 5.49. The minimum Gasteiger partial charge on any atom is -0.490 e. The van der Waals surface area contributed by atoms with Crippen molar-refractivity contribution in [2.75, 3.05) is 11.9 Å². The molecule has 4 atom stereocenters. The molecule has 0 saturated carbocycles. The average Bonchev–Trinajstić information content (AvgIpc) is 3.52. The number of carbonyl (C=O) groups is 3. The molecule has 3 aliphatic rings. The molecule has 43 heavy (non-hydrogen) atoms. The predicted octanol–water partition coefficient (Wildman–Crippen LogP) is 6.54. The number of Topliss-reactive ketones (excluding diaryl/α,β-unsaturated/α-hetero) is 2. The summed E-state index contributed by atoms with van der Waals surface area (Å²) >= 11 is 0. The lowest BCUT2D eigenvalue weighted by atomic mass is 9.62. The summed E-state index contributed by atoms with van der Waals surface area (Å²) < 4.78 is 5.76. The number of para-hydroxylation sites is 1. The van der Waals surface area contributed by atoms with Crippen molar-refractivity contribution in [3.8, 4) is 5.75 Å². The molecular weight excluding hydrogens is 536 g/mol. The Labute approximate surface area is 250 Å². The van der Waals surface area contributed by atoms with E-state index in [1.807, 2.05) is 84.8 Å². The molecule has 1 fully saturated rings. The van der Waals surface area contributed by atoms with Gasteiger partial charge in [-0.25, -0.2) is 0 Å². The van der Waals surface area contributed by atoms with E-state index < -0.39 is 23.4 Å². The van der Waals surface area contributed by atoms with Crippen molar-refractivity contribution < 1.29 is 19.1 Å². The van der Waals surface area contributed by atoms with E-state index >= 15 is 0 Å². The number of hydrogen-bond acceptors (Lipinski definition) is 5. The molecule has 1 N–H and O–H groups in total. The third kappa shape index (κ3) is 3.97. The summed E-state index contributed by atoms with van der Waals surface area (Å²) in [5.41, 5.74) is 3.75. The number of anilines is 1. The second-order valence-corrected chi connectivity index (χ2v) is 11.3. The van der Waals surface area contributed by atoms with Crippen LogP contribution in [-0.2, 0) is 10.2 Å². The molecule has 1 spiro atoms.